The molecule has 146 valence electrons. The molecule has 1 unspecified atom stereocenters. The van der Waals surface area contributed by atoms with Gasteiger partial charge in [-0.3, -0.25) is 13.6 Å². The Bertz CT molecular complexity index is 1180. The lowest BCUT2D eigenvalue weighted by Gasteiger charge is -2.06. The lowest BCUT2D eigenvalue weighted by atomic mass is 10.0. The van der Waals surface area contributed by atoms with Crippen LogP contribution in [0.15, 0.2) is 71.7 Å². The lowest BCUT2D eigenvalue weighted by Crippen LogP contribution is -2.08. The Morgan fingerprint density at radius 2 is 1.93 bits per heavy atom. The fourth-order valence-electron chi connectivity index (χ4n) is 3.55. The first-order chi connectivity index (χ1) is 13.9. The molecule has 6 heteroatoms. The summed E-state index contributed by atoms with van der Waals surface area (Å²) in [7, 11) is -1.03. The second-order valence-corrected chi connectivity index (χ2v) is 8.29. The van der Waals surface area contributed by atoms with Crippen molar-refractivity contribution in [1.82, 2.24) is 9.55 Å². The van der Waals surface area contributed by atoms with E-state index in [0.717, 1.165) is 38.3 Å². The number of benzene rings is 2. The third-order valence-corrected chi connectivity index (χ3v) is 6.03. The van der Waals surface area contributed by atoms with Gasteiger partial charge in [0.25, 0.3) is 0 Å². The monoisotopic (exact) mass is 406 g/mol. The van der Waals surface area contributed by atoms with Gasteiger partial charge in [-0.15, -0.1) is 0 Å². The van der Waals surface area contributed by atoms with E-state index >= 15 is 0 Å². The number of nitrogens with zero attached hydrogens (tertiary/aromatic N) is 2. The molecule has 3 aromatic rings. The van der Waals surface area contributed by atoms with E-state index in [9.17, 15) is 13.4 Å². The molecule has 0 amide bonds. The summed E-state index contributed by atoms with van der Waals surface area (Å²) < 4.78 is 27.0. The van der Waals surface area contributed by atoms with Crippen molar-refractivity contribution < 1.29 is 13.4 Å². The van der Waals surface area contributed by atoms with Crippen LogP contribution in [0.25, 0.3) is 17.2 Å². The standard InChI is InChI=1S/C23H19FN2O2S/c1-15-20(11-16-3-6-18(7-4-16)29(2)28)19-8-5-17(24)12-22(19)21(15)13-23(27)26-10-9-25-14-26/h3-12,14H,13H2,1-2H3. The maximum Gasteiger partial charge on any atom is 0.236 e. The average Bonchev–Trinajstić information content (AvgIpc) is 3.32. The van der Waals surface area contributed by atoms with Crippen LogP contribution in [0, 0.1) is 5.82 Å². The van der Waals surface area contributed by atoms with Crippen molar-refractivity contribution in [3.05, 3.63) is 89.3 Å². The molecule has 4 nitrogen and oxygen atoms in total. The molecule has 2 aromatic carbocycles. The first-order valence-electron chi connectivity index (χ1n) is 9.11. The summed E-state index contributed by atoms with van der Waals surface area (Å²) in [5.74, 6) is -0.455. The zero-order chi connectivity index (χ0) is 20.5. The van der Waals surface area contributed by atoms with Gasteiger partial charge < -0.3 is 0 Å². The van der Waals surface area contributed by atoms with Gasteiger partial charge in [0.15, 0.2) is 0 Å². The topological polar surface area (TPSA) is 52.0 Å². The van der Waals surface area contributed by atoms with Crippen LogP contribution in [0.5, 0.6) is 0 Å². The molecular formula is C23H19FN2O2S. The second kappa shape index (κ2) is 7.72. The molecular weight excluding hydrogens is 387 g/mol. The number of imidazole rings is 1. The largest absolute Gasteiger partial charge is 0.276 e. The number of rotatable bonds is 4. The Morgan fingerprint density at radius 3 is 2.59 bits per heavy atom. The van der Waals surface area contributed by atoms with Gasteiger partial charge in [0, 0.05) is 34.3 Å². The van der Waals surface area contributed by atoms with Crippen LogP contribution in [0.3, 0.4) is 0 Å². The number of fused-ring (bicyclic) bond motifs is 1. The molecule has 4 rings (SSSR count). The Morgan fingerprint density at radius 1 is 1.17 bits per heavy atom. The highest BCUT2D eigenvalue weighted by molar-refractivity contribution is 7.84. The first kappa shape index (κ1) is 19.2. The van der Waals surface area contributed by atoms with Crippen LogP contribution >= 0.6 is 0 Å². The van der Waals surface area contributed by atoms with E-state index in [4.69, 9.17) is 0 Å². The van der Waals surface area contributed by atoms with Crippen molar-refractivity contribution in [3.8, 4) is 0 Å². The number of aromatic nitrogens is 2. The molecule has 0 bridgehead atoms. The zero-order valence-corrected chi connectivity index (χ0v) is 16.9. The molecule has 0 N–H and O–H groups in total. The Kier molecular flexibility index (Phi) is 5.11. The van der Waals surface area contributed by atoms with Gasteiger partial charge in [0.2, 0.25) is 5.91 Å². The van der Waals surface area contributed by atoms with E-state index in [1.165, 1.54) is 23.0 Å². The van der Waals surface area contributed by atoms with Gasteiger partial charge >= 0.3 is 0 Å². The van der Waals surface area contributed by atoms with Gasteiger partial charge in [0.1, 0.15) is 12.1 Å². The maximum atomic E-state index is 14.0. The van der Waals surface area contributed by atoms with Crippen molar-refractivity contribution in [2.75, 3.05) is 6.26 Å². The predicted octanol–water partition coefficient (Wildman–Crippen LogP) is 4.82. The first-order valence-corrected chi connectivity index (χ1v) is 10.7. The molecule has 1 aliphatic carbocycles. The van der Waals surface area contributed by atoms with Crippen LogP contribution in [0.1, 0.15) is 34.8 Å². The smallest absolute Gasteiger partial charge is 0.236 e. The number of hydrogen-bond acceptors (Lipinski definition) is 3. The molecule has 29 heavy (non-hydrogen) atoms. The summed E-state index contributed by atoms with van der Waals surface area (Å²) in [4.78, 5) is 17.3. The molecule has 1 atom stereocenters. The minimum atomic E-state index is -1.03. The summed E-state index contributed by atoms with van der Waals surface area (Å²) in [6.07, 6.45) is 8.45. The summed E-state index contributed by atoms with van der Waals surface area (Å²) in [5, 5.41) is 0. The summed E-state index contributed by atoms with van der Waals surface area (Å²) in [6, 6.07) is 12.2. The number of hydrogen-bond donors (Lipinski definition) is 0. The van der Waals surface area contributed by atoms with E-state index in [0.29, 0.717) is 0 Å². The second-order valence-electron chi connectivity index (χ2n) is 6.92. The minimum absolute atomic E-state index is 0.122. The highest BCUT2D eigenvalue weighted by Gasteiger charge is 2.26. The molecule has 1 aromatic heterocycles. The van der Waals surface area contributed by atoms with Gasteiger partial charge in [-0.2, -0.15) is 0 Å². The van der Waals surface area contributed by atoms with Crippen LogP contribution < -0.4 is 0 Å². The minimum Gasteiger partial charge on any atom is -0.276 e. The summed E-state index contributed by atoms with van der Waals surface area (Å²) in [6.45, 7) is 1.95. The normalized spacial score (nSPS) is 15.6. The molecule has 0 radical (unpaired) electrons. The zero-order valence-electron chi connectivity index (χ0n) is 16.1. The number of allylic oxidation sites excluding steroid dienone is 3. The molecule has 0 aliphatic heterocycles. The number of halogens is 1. The number of carbonyl (C=O) groups is 1. The van der Waals surface area contributed by atoms with Crippen LogP contribution in [0.4, 0.5) is 4.39 Å². The fraction of sp³-hybridized carbons (Fsp3) is 0.130. The van der Waals surface area contributed by atoms with Crippen molar-refractivity contribution >= 4 is 33.9 Å². The summed E-state index contributed by atoms with van der Waals surface area (Å²) in [5.41, 5.74) is 5.32. The van der Waals surface area contributed by atoms with Crippen molar-refractivity contribution in [2.45, 2.75) is 18.2 Å². The molecule has 0 spiro atoms. The third-order valence-electron chi connectivity index (χ3n) is 5.10. The Labute approximate surface area is 170 Å². The third kappa shape index (κ3) is 3.76. The van der Waals surface area contributed by atoms with Crippen LogP contribution in [0.2, 0.25) is 0 Å². The number of carbonyl (C=O) groups excluding carboxylic acids is 1. The Balaban J connectivity index is 1.76. The molecule has 0 saturated heterocycles. The SMILES string of the molecule is CC1=C(CC(=O)n2ccnc2)c2cc(F)ccc2C1=Cc1ccc(S(C)=O)cc1. The van der Waals surface area contributed by atoms with Crippen LogP contribution in [-0.2, 0) is 10.8 Å². The van der Waals surface area contributed by atoms with E-state index < -0.39 is 10.8 Å². The molecule has 0 fully saturated rings. The summed E-state index contributed by atoms with van der Waals surface area (Å²) >= 11 is 0. The Hall–Kier alpha value is -3.12. The van der Waals surface area contributed by atoms with E-state index in [-0.39, 0.29) is 18.1 Å². The van der Waals surface area contributed by atoms with Crippen molar-refractivity contribution in [3.63, 3.8) is 0 Å². The van der Waals surface area contributed by atoms with Crippen LogP contribution in [-0.4, -0.2) is 25.9 Å². The lowest BCUT2D eigenvalue weighted by molar-refractivity contribution is 0.0919. The average molecular weight is 406 g/mol. The molecule has 1 heterocycles. The highest BCUT2D eigenvalue weighted by Crippen LogP contribution is 2.44. The van der Waals surface area contributed by atoms with Crippen molar-refractivity contribution in [1.29, 1.82) is 0 Å². The quantitative estimate of drug-likeness (QED) is 0.624. The fourth-order valence-corrected chi connectivity index (χ4v) is 4.07. The van der Waals surface area contributed by atoms with E-state index in [2.05, 4.69) is 4.98 Å². The van der Waals surface area contributed by atoms with Gasteiger partial charge in [-0.25, -0.2) is 9.37 Å². The predicted molar refractivity (Wildman–Crippen MR) is 113 cm³/mol. The van der Waals surface area contributed by atoms with Gasteiger partial charge in [-0.05, 0) is 70.7 Å². The molecule has 1 aliphatic rings. The van der Waals surface area contributed by atoms with Gasteiger partial charge in [-0.1, -0.05) is 18.2 Å². The maximum absolute atomic E-state index is 14.0. The van der Waals surface area contributed by atoms with Crippen molar-refractivity contribution in [2.24, 2.45) is 0 Å². The van der Waals surface area contributed by atoms with E-state index in [1.54, 1.807) is 24.7 Å². The van der Waals surface area contributed by atoms with E-state index in [1.807, 2.05) is 37.3 Å². The highest BCUT2D eigenvalue weighted by atomic mass is 32.2. The van der Waals surface area contributed by atoms with Gasteiger partial charge in [0.05, 0.1) is 6.42 Å². The molecule has 0 saturated carbocycles.